The number of benzene rings is 1. The third-order valence-electron chi connectivity index (χ3n) is 4.71. The number of esters is 1. The van der Waals surface area contributed by atoms with E-state index in [9.17, 15) is 9.18 Å². The molecule has 0 amide bonds. The van der Waals surface area contributed by atoms with Gasteiger partial charge >= 0.3 is 5.97 Å². The summed E-state index contributed by atoms with van der Waals surface area (Å²) in [4.78, 5) is 20.7. The predicted octanol–water partition coefficient (Wildman–Crippen LogP) is 5.13. The third kappa shape index (κ3) is 3.77. The number of hydrogen-bond acceptors (Lipinski definition) is 7. The molecule has 3 aromatic rings. The summed E-state index contributed by atoms with van der Waals surface area (Å²) in [7, 11) is 0. The Kier molecular flexibility index (Phi) is 5.13. The number of aryl methyl sites for hydroxylation is 1. The molecule has 4 rings (SSSR count). The van der Waals surface area contributed by atoms with E-state index >= 15 is 0 Å². The molecule has 0 saturated heterocycles. The molecule has 1 aliphatic rings. The summed E-state index contributed by atoms with van der Waals surface area (Å²) in [6.07, 6.45) is 5.75. The summed E-state index contributed by atoms with van der Waals surface area (Å²) in [6, 6.07) is 4.42. The minimum atomic E-state index is -0.386. The van der Waals surface area contributed by atoms with Crippen LogP contribution < -0.4 is 14.8 Å². The second-order valence-electron chi connectivity index (χ2n) is 6.80. The highest BCUT2D eigenvalue weighted by atomic mass is 32.1. The van der Waals surface area contributed by atoms with E-state index in [1.807, 2.05) is 6.92 Å². The zero-order valence-electron chi connectivity index (χ0n) is 15.6. The second kappa shape index (κ2) is 7.71. The zero-order chi connectivity index (χ0) is 19.7. The fraction of sp³-hybridized carbons (Fsp3) is 0.350. The molecule has 0 radical (unpaired) electrons. The van der Waals surface area contributed by atoms with E-state index in [1.54, 1.807) is 6.07 Å². The molecule has 146 valence electrons. The van der Waals surface area contributed by atoms with Crippen molar-refractivity contribution in [1.82, 2.24) is 9.97 Å². The highest BCUT2D eigenvalue weighted by Crippen LogP contribution is 2.40. The van der Waals surface area contributed by atoms with Crippen LogP contribution in [0.2, 0.25) is 0 Å². The van der Waals surface area contributed by atoms with Crippen molar-refractivity contribution in [3.05, 3.63) is 35.9 Å². The number of anilines is 2. The first kappa shape index (κ1) is 18.6. The number of nitrogens with one attached hydrogen (secondary N) is 1. The van der Waals surface area contributed by atoms with Gasteiger partial charge < -0.3 is 14.8 Å². The Labute approximate surface area is 165 Å². The molecular formula is C20H20FN3O3S. The van der Waals surface area contributed by atoms with Crippen LogP contribution in [-0.2, 0) is 4.79 Å². The number of halogens is 1. The van der Waals surface area contributed by atoms with Crippen LogP contribution >= 0.6 is 11.3 Å². The molecule has 1 saturated carbocycles. The molecule has 0 unspecified atom stereocenters. The van der Waals surface area contributed by atoms with E-state index < -0.39 is 0 Å². The van der Waals surface area contributed by atoms with Crippen molar-refractivity contribution in [3.63, 3.8) is 0 Å². The topological polar surface area (TPSA) is 73.3 Å². The van der Waals surface area contributed by atoms with Gasteiger partial charge in [-0.2, -0.15) is 0 Å². The molecule has 1 aliphatic carbocycles. The molecule has 0 atom stereocenters. The van der Waals surface area contributed by atoms with E-state index in [0.29, 0.717) is 27.1 Å². The Hall–Kier alpha value is -2.74. The van der Waals surface area contributed by atoms with Gasteiger partial charge in [-0.25, -0.2) is 14.4 Å². The maximum absolute atomic E-state index is 13.8. The molecule has 28 heavy (non-hydrogen) atoms. The van der Waals surface area contributed by atoms with Crippen LogP contribution in [0, 0.1) is 12.7 Å². The van der Waals surface area contributed by atoms with E-state index in [-0.39, 0.29) is 17.9 Å². The largest absolute Gasteiger partial charge is 0.488 e. The smallest absolute Gasteiger partial charge is 0.308 e. The molecular weight excluding hydrogens is 381 g/mol. The minimum absolute atomic E-state index is 0.103. The molecule has 6 nitrogen and oxygen atoms in total. The van der Waals surface area contributed by atoms with Crippen molar-refractivity contribution < 1.29 is 18.7 Å². The highest BCUT2D eigenvalue weighted by Gasteiger charge is 2.20. The second-order valence-corrected chi connectivity index (χ2v) is 7.76. The highest BCUT2D eigenvalue weighted by molar-refractivity contribution is 7.20. The molecule has 0 spiro atoms. The van der Waals surface area contributed by atoms with Crippen LogP contribution in [0.1, 0.15) is 38.2 Å². The van der Waals surface area contributed by atoms with Crippen LogP contribution in [0.3, 0.4) is 0 Å². The zero-order valence-corrected chi connectivity index (χ0v) is 16.4. The Morgan fingerprint density at radius 2 is 2.07 bits per heavy atom. The van der Waals surface area contributed by atoms with Crippen molar-refractivity contribution in [1.29, 1.82) is 0 Å². The van der Waals surface area contributed by atoms with E-state index in [2.05, 4.69) is 15.3 Å². The molecule has 1 fully saturated rings. The molecule has 0 aliphatic heterocycles. The number of rotatable bonds is 5. The summed E-state index contributed by atoms with van der Waals surface area (Å²) in [5.41, 5.74) is 1.41. The quantitative estimate of drug-likeness (QED) is 0.598. The fourth-order valence-electron chi connectivity index (χ4n) is 3.38. The van der Waals surface area contributed by atoms with Gasteiger partial charge in [0.1, 0.15) is 28.5 Å². The lowest BCUT2D eigenvalue weighted by Gasteiger charge is -2.17. The predicted molar refractivity (Wildman–Crippen MR) is 106 cm³/mol. The number of nitrogens with zero attached hydrogens (tertiary/aromatic N) is 2. The van der Waals surface area contributed by atoms with Crippen LogP contribution in [0.25, 0.3) is 10.2 Å². The van der Waals surface area contributed by atoms with Gasteiger partial charge in [-0.05, 0) is 44.7 Å². The van der Waals surface area contributed by atoms with Crippen molar-refractivity contribution in [3.8, 4) is 10.8 Å². The summed E-state index contributed by atoms with van der Waals surface area (Å²) < 4.78 is 25.1. The van der Waals surface area contributed by atoms with E-state index in [1.165, 1.54) is 36.7 Å². The molecule has 2 heterocycles. The SMILES string of the molecule is CC(=O)Oc1sc2ncnc(Nc3ccc(F)cc3OC3CCCC3)c2c1C. The Morgan fingerprint density at radius 3 is 2.82 bits per heavy atom. The van der Waals surface area contributed by atoms with Gasteiger partial charge in [0, 0.05) is 18.6 Å². The van der Waals surface area contributed by atoms with Crippen molar-refractivity contribution in [2.45, 2.75) is 45.6 Å². The van der Waals surface area contributed by atoms with Crippen molar-refractivity contribution >= 4 is 39.0 Å². The molecule has 1 N–H and O–H groups in total. The van der Waals surface area contributed by atoms with Crippen LogP contribution in [0.4, 0.5) is 15.9 Å². The lowest BCUT2D eigenvalue weighted by molar-refractivity contribution is -0.131. The first-order valence-electron chi connectivity index (χ1n) is 9.17. The van der Waals surface area contributed by atoms with Gasteiger partial charge in [-0.15, -0.1) is 0 Å². The molecule has 2 aromatic heterocycles. The maximum atomic E-state index is 13.8. The third-order valence-corrected chi connectivity index (χ3v) is 5.79. The number of fused-ring (bicyclic) bond motifs is 1. The number of aromatic nitrogens is 2. The molecule has 1 aromatic carbocycles. The normalized spacial score (nSPS) is 14.4. The Bertz CT molecular complexity index is 1030. The van der Waals surface area contributed by atoms with Crippen LogP contribution in [0.5, 0.6) is 10.8 Å². The van der Waals surface area contributed by atoms with Gasteiger partial charge in [0.2, 0.25) is 0 Å². The number of carbonyl (C=O) groups excluding carboxylic acids is 1. The number of carbonyl (C=O) groups is 1. The van der Waals surface area contributed by atoms with Crippen LogP contribution in [0.15, 0.2) is 24.5 Å². The van der Waals surface area contributed by atoms with Gasteiger partial charge in [-0.3, -0.25) is 4.79 Å². The fourth-order valence-corrected chi connectivity index (χ4v) is 4.43. The number of hydrogen-bond donors (Lipinski definition) is 1. The Morgan fingerprint density at radius 1 is 1.29 bits per heavy atom. The standard InChI is InChI=1S/C20H20FN3O3S/c1-11-17-18(22-10-23-19(17)28-20(11)26-12(2)25)24-15-8-7-13(21)9-16(15)27-14-5-3-4-6-14/h7-10,14H,3-6H2,1-2H3,(H,22,23,24). The number of thiophene rings is 1. The first-order valence-corrected chi connectivity index (χ1v) is 9.98. The average Bonchev–Trinajstić information content (AvgIpc) is 3.26. The van der Waals surface area contributed by atoms with Gasteiger partial charge in [-0.1, -0.05) is 11.3 Å². The number of ether oxygens (including phenoxy) is 2. The van der Waals surface area contributed by atoms with E-state index in [4.69, 9.17) is 9.47 Å². The molecule has 8 heteroatoms. The lowest BCUT2D eigenvalue weighted by Crippen LogP contribution is -2.12. The monoisotopic (exact) mass is 401 g/mol. The summed E-state index contributed by atoms with van der Waals surface area (Å²) in [5, 5.41) is 4.50. The van der Waals surface area contributed by atoms with Gasteiger partial charge in [0.05, 0.1) is 17.2 Å². The van der Waals surface area contributed by atoms with Crippen molar-refractivity contribution in [2.24, 2.45) is 0 Å². The average molecular weight is 401 g/mol. The summed E-state index contributed by atoms with van der Waals surface area (Å²) >= 11 is 1.28. The van der Waals surface area contributed by atoms with Crippen LogP contribution in [-0.4, -0.2) is 22.0 Å². The summed E-state index contributed by atoms with van der Waals surface area (Å²) in [5.74, 6) is 0.282. The first-order chi connectivity index (χ1) is 13.5. The van der Waals surface area contributed by atoms with Gasteiger partial charge in [0.15, 0.2) is 5.06 Å². The van der Waals surface area contributed by atoms with Crippen molar-refractivity contribution in [2.75, 3.05) is 5.32 Å². The van der Waals surface area contributed by atoms with E-state index in [0.717, 1.165) is 36.6 Å². The maximum Gasteiger partial charge on any atom is 0.308 e. The molecule has 0 bridgehead atoms. The van der Waals surface area contributed by atoms with Gasteiger partial charge in [0.25, 0.3) is 0 Å². The Balaban J connectivity index is 1.70. The lowest BCUT2D eigenvalue weighted by atomic mass is 10.2. The summed E-state index contributed by atoms with van der Waals surface area (Å²) in [6.45, 7) is 3.21. The minimum Gasteiger partial charge on any atom is -0.488 e.